The summed E-state index contributed by atoms with van der Waals surface area (Å²) in [5, 5.41) is 13.3. The van der Waals surface area contributed by atoms with Crippen molar-refractivity contribution >= 4 is 0 Å². The summed E-state index contributed by atoms with van der Waals surface area (Å²) in [5.74, 6) is 0. The van der Waals surface area contributed by atoms with Crippen LogP contribution in [0.3, 0.4) is 0 Å². The highest BCUT2D eigenvalue weighted by atomic mass is 16.5. The number of benzene rings is 1. The fraction of sp³-hybridized carbons (Fsp3) is 0.571. The van der Waals surface area contributed by atoms with Gasteiger partial charge < -0.3 is 15.2 Å². The van der Waals surface area contributed by atoms with Crippen LogP contribution >= 0.6 is 0 Å². The highest BCUT2D eigenvalue weighted by molar-refractivity contribution is 5.37. The van der Waals surface area contributed by atoms with Crippen molar-refractivity contribution in [2.24, 2.45) is 0 Å². The van der Waals surface area contributed by atoms with E-state index in [1.807, 2.05) is 6.92 Å². The summed E-state index contributed by atoms with van der Waals surface area (Å²) in [6.07, 6.45) is -0.453. The molecule has 0 aromatic heterocycles. The van der Waals surface area contributed by atoms with E-state index in [1.54, 1.807) is 7.11 Å². The monoisotopic (exact) mass is 237 g/mol. The molecule has 0 amide bonds. The summed E-state index contributed by atoms with van der Waals surface area (Å²) in [5.41, 5.74) is 4.65. The molecule has 0 heterocycles. The molecule has 0 saturated carbocycles. The van der Waals surface area contributed by atoms with Gasteiger partial charge in [0.1, 0.15) is 0 Å². The van der Waals surface area contributed by atoms with Crippen LogP contribution < -0.4 is 5.32 Å². The molecule has 17 heavy (non-hydrogen) atoms. The fourth-order valence-corrected chi connectivity index (χ4v) is 1.86. The minimum atomic E-state index is -0.453. The van der Waals surface area contributed by atoms with Crippen molar-refractivity contribution in [2.45, 2.75) is 26.9 Å². The molecule has 1 aromatic rings. The first-order valence-corrected chi connectivity index (χ1v) is 6.01. The zero-order valence-electron chi connectivity index (χ0n) is 11.2. The Morgan fingerprint density at radius 1 is 1.18 bits per heavy atom. The van der Waals surface area contributed by atoms with Gasteiger partial charge in [0.2, 0.25) is 0 Å². The second-order valence-electron chi connectivity index (χ2n) is 4.51. The van der Waals surface area contributed by atoms with Crippen LogP contribution in [-0.2, 0) is 4.74 Å². The third kappa shape index (κ3) is 4.11. The lowest BCUT2D eigenvalue weighted by Crippen LogP contribution is -2.25. The number of methoxy groups -OCH3 is 1. The number of hydrogen-bond donors (Lipinski definition) is 2. The van der Waals surface area contributed by atoms with Gasteiger partial charge in [-0.15, -0.1) is 0 Å². The third-order valence-corrected chi connectivity index (χ3v) is 3.06. The molecule has 2 N–H and O–H groups in total. The van der Waals surface area contributed by atoms with Gasteiger partial charge >= 0.3 is 0 Å². The van der Waals surface area contributed by atoms with Crippen LogP contribution in [0.5, 0.6) is 0 Å². The van der Waals surface area contributed by atoms with Gasteiger partial charge in [-0.05, 0) is 43.0 Å². The van der Waals surface area contributed by atoms with Gasteiger partial charge in [-0.3, -0.25) is 0 Å². The molecule has 1 atom stereocenters. The number of aliphatic hydroxyl groups is 1. The van der Waals surface area contributed by atoms with E-state index in [-0.39, 0.29) is 0 Å². The number of ether oxygens (including phenoxy) is 1. The lowest BCUT2D eigenvalue weighted by Gasteiger charge is -2.16. The van der Waals surface area contributed by atoms with Gasteiger partial charge in [0.05, 0.1) is 12.7 Å². The molecule has 0 bridgehead atoms. The average molecular weight is 237 g/mol. The molecule has 3 nitrogen and oxygen atoms in total. The van der Waals surface area contributed by atoms with Crippen LogP contribution in [0.15, 0.2) is 12.1 Å². The molecular weight excluding hydrogens is 214 g/mol. The Morgan fingerprint density at radius 2 is 1.82 bits per heavy atom. The Labute approximate surface area is 104 Å². The van der Waals surface area contributed by atoms with E-state index in [1.165, 1.54) is 11.1 Å². The fourth-order valence-electron chi connectivity index (χ4n) is 1.86. The Kier molecular flexibility index (Phi) is 5.62. The van der Waals surface area contributed by atoms with Crippen LogP contribution in [0.2, 0.25) is 0 Å². The number of hydrogen-bond acceptors (Lipinski definition) is 3. The van der Waals surface area contributed by atoms with Gasteiger partial charge in [0, 0.05) is 20.2 Å². The Balaban J connectivity index is 2.62. The third-order valence-electron chi connectivity index (χ3n) is 3.06. The molecule has 1 unspecified atom stereocenters. The Morgan fingerprint density at radius 3 is 2.47 bits per heavy atom. The molecule has 0 fully saturated rings. The van der Waals surface area contributed by atoms with Crippen LogP contribution in [-0.4, -0.2) is 31.9 Å². The summed E-state index contributed by atoms with van der Waals surface area (Å²) >= 11 is 0. The lowest BCUT2D eigenvalue weighted by molar-refractivity contribution is 0.161. The second kappa shape index (κ2) is 6.74. The van der Waals surface area contributed by atoms with Gasteiger partial charge in [0.25, 0.3) is 0 Å². The van der Waals surface area contributed by atoms with Crippen LogP contribution in [0, 0.1) is 20.8 Å². The molecule has 0 radical (unpaired) electrons. The van der Waals surface area contributed by atoms with E-state index in [0.29, 0.717) is 13.2 Å². The van der Waals surface area contributed by atoms with Crippen molar-refractivity contribution in [3.8, 4) is 0 Å². The number of aryl methyl sites for hydroxylation is 3. The number of rotatable bonds is 6. The molecule has 0 spiro atoms. The normalized spacial score (nSPS) is 12.8. The largest absolute Gasteiger partial charge is 0.387 e. The molecule has 0 aliphatic rings. The molecule has 0 aliphatic heterocycles. The van der Waals surface area contributed by atoms with E-state index >= 15 is 0 Å². The Bertz CT molecular complexity index is 363. The van der Waals surface area contributed by atoms with Gasteiger partial charge in [-0.2, -0.15) is 0 Å². The van der Waals surface area contributed by atoms with E-state index in [4.69, 9.17) is 4.74 Å². The maximum Gasteiger partial charge on any atom is 0.0917 e. The van der Waals surface area contributed by atoms with Crippen LogP contribution in [0.25, 0.3) is 0 Å². The topological polar surface area (TPSA) is 41.5 Å². The van der Waals surface area contributed by atoms with Gasteiger partial charge in [-0.1, -0.05) is 12.1 Å². The van der Waals surface area contributed by atoms with Crippen LogP contribution in [0.1, 0.15) is 28.4 Å². The SMILES string of the molecule is COCCNCC(O)c1cc(C)c(C)cc1C. The van der Waals surface area contributed by atoms with Crippen molar-refractivity contribution < 1.29 is 9.84 Å². The van der Waals surface area contributed by atoms with Crippen molar-refractivity contribution in [1.82, 2.24) is 5.32 Å². The van der Waals surface area contributed by atoms with Crippen LogP contribution in [0.4, 0.5) is 0 Å². The second-order valence-corrected chi connectivity index (χ2v) is 4.51. The maximum atomic E-state index is 10.1. The molecule has 1 aromatic carbocycles. The maximum absolute atomic E-state index is 10.1. The minimum Gasteiger partial charge on any atom is -0.387 e. The molecular formula is C14H23NO2. The lowest BCUT2D eigenvalue weighted by atomic mass is 9.97. The summed E-state index contributed by atoms with van der Waals surface area (Å²) in [7, 11) is 1.67. The minimum absolute atomic E-state index is 0.453. The van der Waals surface area contributed by atoms with E-state index in [2.05, 4.69) is 31.3 Å². The van der Waals surface area contributed by atoms with Crippen molar-refractivity contribution in [1.29, 1.82) is 0 Å². The predicted octanol–water partition coefficient (Wildman–Crippen LogP) is 1.88. The van der Waals surface area contributed by atoms with Gasteiger partial charge in [-0.25, -0.2) is 0 Å². The summed E-state index contributed by atoms with van der Waals surface area (Å²) in [4.78, 5) is 0. The van der Waals surface area contributed by atoms with Crippen molar-refractivity contribution in [3.63, 3.8) is 0 Å². The van der Waals surface area contributed by atoms with E-state index in [0.717, 1.165) is 17.7 Å². The molecule has 0 aliphatic carbocycles. The summed E-state index contributed by atoms with van der Waals surface area (Å²) in [6, 6.07) is 4.20. The summed E-state index contributed by atoms with van der Waals surface area (Å²) < 4.78 is 4.94. The smallest absolute Gasteiger partial charge is 0.0917 e. The molecule has 96 valence electrons. The average Bonchev–Trinajstić information content (AvgIpc) is 2.29. The van der Waals surface area contributed by atoms with E-state index in [9.17, 15) is 5.11 Å². The first-order valence-electron chi connectivity index (χ1n) is 6.01. The van der Waals surface area contributed by atoms with Crippen molar-refractivity contribution in [3.05, 3.63) is 34.4 Å². The van der Waals surface area contributed by atoms with E-state index < -0.39 is 6.10 Å². The number of nitrogens with one attached hydrogen (secondary N) is 1. The van der Waals surface area contributed by atoms with Gasteiger partial charge in [0.15, 0.2) is 0 Å². The molecule has 3 heteroatoms. The standard InChI is InChI=1S/C14H23NO2/c1-10-7-12(3)13(8-11(10)2)14(16)9-15-5-6-17-4/h7-8,14-16H,5-6,9H2,1-4H3. The highest BCUT2D eigenvalue weighted by Gasteiger charge is 2.11. The summed E-state index contributed by atoms with van der Waals surface area (Å²) in [6.45, 7) is 8.20. The zero-order chi connectivity index (χ0) is 12.8. The predicted molar refractivity (Wildman–Crippen MR) is 70.4 cm³/mol. The molecule has 1 rings (SSSR count). The highest BCUT2D eigenvalue weighted by Crippen LogP contribution is 2.21. The first-order chi connectivity index (χ1) is 8.06. The number of aliphatic hydroxyl groups excluding tert-OH is 1. The Hall–Kier alpha value is -0.900. The zero-order valence-corrected chi connectivity index (χ0v) is 11.2. The van der Waals surface area contributed by atoms with Crippen molar-refractivity contribution in [2.75, 3.05) is 26.8 Å². The molecule has 0 saturated heterocycles. The first kappa shape index (κ1) is 14.2. The quantitative estimate of drug-likeness (QED) is 0.742.